The monoisotopic (exact) mass is 324 g/mol. The predicted octanol–water partition coefficient (Wildman–Crippen LogP) is 0.249. The van der Waals surface area contributed by atoms with Gasteiger partial charge in [0.2, 0.25) is 5.43 Å². The van der Waals surface area contributed by atoms with Gasteiger partial charge in [0.25, 0.3) is 0 Å². The molecule has 0 radical (unpaired) electrons. The number of hydrogen-bond acceptors (Lipinski definition) is 5. The summed E-state index contributed by atoms with van der Waals surface area (Å²) in [5, 5.41) is 30.0. The van der Waals surface area contributed by atoms with Crippen molar-refractivity contribution in [2.24, 2.45) is 7.05 Å². The lowest BCUT2D eigenvalue weighted by atomic mass is 10.1. The molecule has 7 nitrogen and oxygen atoms in total. The van der Waals surface area contributed by atoms with Crippen LogP contribution in [0.15, 0.2) is 10.9 Å². The Bertz CT molecular complexity index is 626. The van der Waals surface area contributed by atoms with Crippen molar-refractivity contribution >= 4 is 5.97 Å². The molecule has 2 unspecified atom stereocenters. The molecule has 1 aromatic rings. The molecule has 4 N–H and O–H groups in total. The van der Waals surface area contributed by atoms with E-state index >= 15 is 0 Å². The maximum atomic E-state index is 12.6. The Morgan fingerprint density at radius 3 is 2.45 bits per heavy atom. The fourth-order valence-electron chi connectivity index (χ4n) is 1.74. The van der Waals surface area contributed by atoms with E-state index in [0.717, 1.165) is 17.7 Å². The predicted molar refractivity (Wildman–Crippen MR) is 68.3 cm³/mol. The summed E-state index contributed by atoms with van der Waals surface area (Å²) < 4.78 is 38.6. The summed E-state index contributed by atoms with van der Waals surface area (Å²) in [6.07, 6.45) is -8.11. The van der Waals surface area contributed by atoms with Crippen molar-refractivity contribution in [3.63, 3.8) is 0 Å². The summed E-state index contributed by atoms with van der Waals surface area (Å²) in [7, 11) is 1.12. The zero-order valence-corrected chi connectivity index (χ0v) is 11.7. The van der Waals surface area contributed by atoms with Gasteiger partial charge in [-0.1, -0.05) is 0 Å². The Balaban J connectivity index is 3.25. The number of nitrogens with zero attached hydrogens (tertiary/aromatic N) is 1. The Kier molecular flexibility index (Phi) is 5.20. The van der Waals surface area contributed by atoms with Gasteiger partial charge in [-0.15, -0.1) is 0 Å². The van der Waals surface area contributed by atoms with Crippen LogP contribution in [0.5, 0.6) is 5.75 Å². The molecule has 10 heteroatoms. The molecule has 0 aliphatic rings. The van der Waals surface area contributed by atoms with Gasteiger partial charge < -0.3 is 19.9 Å². The molecular weight excluding hydrogens is 309 g/mol. The maximum Gasteiger partial charge on any atom is 0.420 e. The normalized spacial score (nSPS) is 14.6. The van der Waals surface area contributed by atoms with E-state index in [-0.39, 0.29) is 12.2 Å². The molecule has 1 heterocycles. The average Bonchev–Trinajstić information content (AvgIpc) is 2.39. The number of pyridine rings is 1. The van der Waals surface area contributed by atoms with Crippen molar-refractivity contribution in [1.29, 1.82) is 0 Å². The highest BCUT2D eigenvalue weighted by atomic mass is 19.4. The van der Waals surface area contributed by atoms with E-state index in [1.807, 2.05) is 0 Å². The van der Waals surface area contributed by atoms with Crippen molar-refractivity contribution in [2.45, 2.75) is 31.8 Å². The molecule has 0 bridgehead atoms. The maximum absolute atomic E-state index is 12.6. The van der Waals surface area contributed by atoms with Crippen molar-refractivity contribution in [2.75, 3.05) is 0 Å². The second-order valence-corrected chi connectivity index (χ2v) is 4.68. The van der Waals surface area contributed by atoms with E-state index in [1.165, 1.54) is 6.92 Å². The van der Waals surface area contributed by atoms with Gasteiger partial charge in [0, 0.05) is 25.4 Å². The molecule has 0 amide bonds. The van der Waals surface area contributed by atoms with Crippen LogP contribution >= 0.6 is 0 Å². The van der Waals surface area contributed by atoms with Crippen molar-refractivity contribution in [3.05, 3.63) is 27.7 Å². The molecular formula is C12H15F3N2O5. The minimum atomic E-state index is -5.07. The fraction of sp³-hybridized carbons (Fsp3) is 0.500. The molecule has 22 heavy (non-hydrogen) atoms. The summed E-state index contributed by atoms with van der Waals surface area (Å²) >= 11 is 0. The highest BCUT2D eigenvalue weighted by molar-refractivity contribution is 5.72. The minimum Gasteiger partial charge on any atom is -0.503 e. The lowest BCUT2D eigenvalue weighted by molar-refractivity contribution is -0.209. The van der Waals surface area contributed by atoms with E-state index in [9.17, 15) is 33.0 Å². The number of aliphatic hydroxyl groups is 1. The minimum absolute atomic E-state index is 0.0193. The zero-order valence-electron chi connectivity index (χ0n) is 11.7. The van der Waals surface area contributed by atoms with Crippen LogP contribution in [0.1, 0.15) is 24.4 Å². The third-order valence-electron chi connectivity index (χ3n) is 3.09. The van der Waals surface area contributed by atoms with Gasteiger partial charge in [-0.3, -0.25) is 14.9 Å². The number of halogens is 3. The molecule has 1 aromatic heterocycles. The van der Waals surface area contributed by atoms with Gasteiger partial charge in [0.1, 0.15) is 11.7 Å². The van der Waals surface area contributed by atoms with Crippen LogP contribution in [0, 0.1) is 0 Å². The molecule has 0 saturated carbocycles. The number of aromatic hydroxyl groups is 1. The summed E-state index contributed by atoms with van der Waals surface area (Å²) in [5.74, 6) is -2.39. The summed E-state index contributed by atoms with van der Waals surface area (Å²) in [6.45, 7) is 1.07. The fourth-order valence-corrected chi connectivity index (χ4v) is 1.74. The smallest absolute Gasteiger partial charge is 0.420 e. The number of carboxylic acids is 1. The quantitative estimate of drug-likeness (QED) is 0.618. The number of carbonyl (C=O) groups is 1. The van der Waals surface area contributed by atoms with Crippen LogP contribution in [0.3, 0.4) is 0 Å². The standard InChI is InChI=1S/C12H15F3N2O5/c1-5(11(21)22)16-4-6-3-7(18)9(19)8(17(6)2)10(20)12(13,14)15/h3,5,10,16,19-20H,4H2,1-2H3,(H,21,22). The molecule has 124 valence electrons. The summed E-state index contributed by atoms with van der Waals surface area (Å²) in [4.78, 5) is 22.2. The molecule has 0 saturated heterocycles. The number of carboxylic acid groups (broad SMARTS) is 1. The Morgan fingerprint density at radius 2 is 2.00 bits per heavy atom. The van der Waals surface area contributed by atoms with E-state index in [0.29, 0.717) is 0 Å². The third-order valence-corrected chi connectivity index (χ3v) is 3.09. The number of nitrogens with one attached hydrogen (secondary N) is 1. The second kappa shape index (κ2) is 6.36. The number of aliphatic carboxylic acids is 1. The van der Waals surface area contributed by atoms with Gasteiger partial charge >= 0.3 is 12.1 Å². The zero-order chi connectivity index (χ0) is 17.2. The molecule has 1 rings (SSSR count). The van der Waals surface area contributed by atoms with E-state index in [2.05, 4.69) is 5.32 Å². The van der Waals surface area contributed by atoms with Crippen molar-refractivity contribution < 1.29 is 33.3 Å². The van der Waals surface area contributed by atoms with Crippen LogP contribution in [0.2, 0.25) is 0 Å². The summed E-state index contributed by atoms with van der Waals surface area (Å²) in [6, 6.07) is -0.136. The molecule has 2 atom stereocenters. The number of rotatable bonds is 5. The highest BCUT2D eigenvalue weighted by Gasteiger charge is 2.42. The Labute approximate surface area is 122 Å². The largest absolute Gasteiger partial charge is 0.503 e. The Hall–Kier alpha value is -2.07. The number of alkyl halides is 3. The van der Waals surface area contributed by atoms with Gasteiger partial charge in [-0.05, 0) is 6.92 Å². The highest BCUT2D eigenvalue weighted by Crippen LogP contribution is 2.35. The first kappa shape index (κ1) is 18.0. The van der Waals surface area contributed by atoms with Crippen molar-refractivity contribution in [1.82, 2.24) is 9.88 Å². The number of aromatic nitrogens is 1. The first-order valence-corrected chi connectivity index (χ1v) is 6.09. The molecule has 0 aliphatic heterocycles. The van der Waals surface area contributed by atoms with Crippen molar-refractivity contribution in [3.8, 4) is 5.75 Å². The average molecular weight is 324 g/mol. The SMILES string of the molecule is CC(NCc1cc(=O)c(O)c(C(O)C(F)(F)F)n1C)C(=O)O. The van der Waals surface area contributed by atoms with Crippen LogP contribution < -0.4 is 10.7 Å². The lowest BCUT2D eigenvalue weighted by Crippen LogP contribution is -2.35. The van der Waals surface area contributed by atoms with E-state index in [1.54, 1.807) is 0 Å². The lowest BCUT2D eigenvalue weighted by Gasteiger charge is -2.22. The van der Waals surface area contributed by atoms with Crippen LogP contribution in [-0.4, -0.2) is 38.1 Å². The molecule has 0 aromatic carbocycles. The summed E-state index contributed by atoms with van der Waals surface area (Å²) in [5.41, 5.74) is -2.12. The molecule has 0 spiro atoms. The molecule has 0 fully saturated rings. The number of aliphatic hydroxyl groups excluding tert-OH is 1. The molecule has 0 aliphatic carbocycles. The van der Waals surface area contributed by atoms with Gasteiger partial charge in [-0.25, -0.2) is 0 Å². The first-order valence-electron chi connectivity index (χ1n) is 6.09. The van der Waals surface area contributed by atoms with Gasteiger partial charge in [-0.2, -0.15) is 13.2 Å². The van der Waals surface area contributed by atoms with Crippen LogP contribution in [-0.2, 0) is 18.4 Å². The van der Waals surface area contributed by atoms with E-state index in [4.69, 9.17) is 5.11 Å². The third kappa shape index (κ3) is 3.77. The topological polar surface area (TPSA) is 112 Å². The van der Waals surface area contributed by atoms with E-state index < -0.39 is 41.2 Å². The van der Waals surface area contributed by atoms with Gasteiger partial charge in [0.15, 0.2) is 11.9 Å². The first-order chi connectivity index (χ1) is 9.96. The number of hydrogen-bond donors (Lipinski definition) is 4. The second-order valence-electron chi connectivity index (χ2n) is 4.68. The van der Waals surface area contributed by atoms with Gasteiger partial charge in [0.05, 0.1) is 0 Å². The Morgan fingerprint density at radius 1 is 1.45 bits per heavy atom. The van der Waals surface area contributed by atoms with Crippen LogP contribution in [0.4, 0.5) is 13.2 Å². The van der Waals surface area contributed by atoms with Crippen LogP contribution in [0.25, 0.3) is 0 Å².